The summed E-state index contributed by atoms with van der Waals surface area (Å²) in [5.74, 6) is 0.554. The summed E-state index contributed by atoms with van der Waals surface area (Å²) in [5, 5.41) is 0.238. The lowest BCUT2D eigenvalue weighted by molar-refractivity contribution is 0.540. The van der Waals surface area contributed by atoms with Gasteiger partial charge in [0.1, 0.15) is 4.99 Å². The van der Waals surface area contributed by atoms with Crippen molar-refractivity contribution in [3.8, 4) is 0 Å². The van der Waals surface area contributed by atoms with E-state index in [1.54, 1.807) is 0 Å². The van der Waals surface area contributed by atoms with Gasteiger partial charge in [0, 0.05) is 12.1 Å². The summed E-state index contributed by atoms with van der Waals surface area (Å²) in [7, 11) is -3.54. The Labute approximate surface area is 130 Å². The van der Waals surface area contributed by atoms with E-state index in [4.69, 9.17) is 29.6 Å². The Bertz CT molecular complexity index is 586. The highest BCUT2D eigenvalue weighted by Crippen LogP contribution is 2.20. The van der Waals surface area contributed by atoms with Crippen molar-refractivity contribution in [1.29, 1.82) is 0 Å². The lowest BCUT2D eigenvalue weighted by Gasteiger charge is -2.09. The Balaban J connectivity index is 2.78. The lowest BCUT2D eigenvalue weighted by Crippen LogP contribution is -2.25. The second-order valence-electron chi connectivity index (χ2n) is 4.94. The van der Waals surface area contributed by atoms with Gasteiger partial charge in [0.2, 0.25) is 10.0 Å². The number of halogens is 1. The number of thiocarbonyl (C=S) groups is 1. The molecule has 0 aliphatic heterocycles. The molecule has 0 spiro atoms. The summed E-state index contributed by atoms with van der Waals surface area (Å²) in [4.78, 5) is 0.260. The van der Waals surface area contributed by atoms with Gasteiger partial charge in [0.15, 0.2) is 0 Å². The molecule has 1 aromatic carbocycles. The van der Waals surface area contributed by atoms with Gasteiger partial charge < -0.3 is 5.73 Å². The molecule has 7 heteroatoms. The van der Waals surface area contributed by atoms with Crippen LogP contribution < -0.4 is 10.5 Å². The van der Waals surface area contributed by atoms with Crippen molar-refractivity contribution in [1.82, 2.24) is 4.72 Å². The van der Waals surface area contributed by atoms with Crippen molar-refractivity contribution < 1.29 is 8.42 Å². The third-order valence-corrected chi connectivity index (χ3v) is 4.76. The average molecular weight is 335 g/mol. The Hall–Kier alpha value is -0.690. The number of hydrogen-bond donors (Lipinski definition) is 2. The fourth-order valence-electron chi connectivity index (χ4n) is 1.66. The molecule has 0 aliphatic rings. The summed E-state index contributed by atoms with van der Waals surface area (Å²) < 4.78 is 26.7. The fraction of sp³-hybridized carbons (Fsp3) is 0.462. The Morgan fingerprint density at radius 2 is 2.10 bits per heavy atom. The van der Waals surface area contributed by atoms with Crippen molar-refractivity contribution in [2.24, 2.45) is 11.7 Å². The summed E-state index contributed by atoms with van der Waals surface area (Å²) in [6.45, 7) is 4.61. The molecule has 1 aromatic rings. The first-order valence-corrected chi connectivity index (χ1v) is 8.60. The SMILES string of the molecule is CC(C)CCCNS(=O)(=O)c1ccc(C(N)=S)c(Cl)c1. The molecule has 4 nitrogen and oxygen atoms in total. The second-order valence-corrected chi connectivity index (χ2v) is 7.55. The maximum atomic E-state index is 12.1. The van der Waals surface area contributed by atoms with Crippen LogP contribution in [0.25, 0.3) is 0 Å². The van der Waals surface area contributed by atoms with Gasteiger partial charge in [-0.3, -0.25) is 0 Å². The third-order valence-electron chi connectivity index (χ3n) is 2.77. The molecule has 0 saturated carbocycles. The highest BCUT2D eigenvalue weighted by molar-refractivity contribution is 7.89. The van der Waals surface area contributed by atoms with Gasteiger partial charge in [0.05, 0.1) is 9.92 Å². The number of rotatable bonds is 7. The molecular weight excluding hydrogens is 316 g/mol. The third kappa shape index (κ3) is 5.01. The maximum Gasteiger partial charge on any atom is 0.240 e. The van der Waals surface area contributed by atoms with Crippen molar-refractivity contribution in [3.63, 3.8) is 0 Å². The number of hydrogen-bond acceptors (Lipinski definition) is 3. The van der Waals surface area contributed by atoms with E-state index in [2.05, 4.69) is 18.6 Å². The molecule has 1 rings (SSSR count). The molecule has 0 amide bonds. The van der Waals surface area contributed by atoms with Gasteiger partial charge in [-0.1, -0.05) is 37.7 Å². The van der Waals surface area contributed by atoms with Crippen LogP contribution in [-0.4, -0.2) is 20.0 Å². The van der Waals surface area contributed by atoms with E-state index in [0.29, 0.717) is 18.0 Å². The second kappa shape index (κ2) is 7.36. The Kier molecular flexibility index (Phi) is 6.39. The smallest absolute Gasteiger partial charge is 0.240 e. The molecule has 0 bridgehead atoms. The fourth-order valence-corrected chi connectivity index (χ4v) is 3.34. The average Bonchev–Trinajstić information content (AvgIpc) is 2.34. The molecule has 112 valence electrons. The molecule has 0 atom stereocenters. The molecule has 0 fully saturated rings. The molecule has 0 saturated heterocycles. The van der Waals surface area contributed by atoms with Crippen LogP contribution in [0.5, 0.6) is 0 Å². The lowest BCUT2D eigenvalue weighted by atomic mass is 10.1. The van der Waals surface area contributed by atoms with Crippen LogP contribution in [-0.2, 0) is 10.0 Å². The first-order valence-electron chi connectivity index (χ1n) is 6.33. The monoisotopic (exact) mass is 334 g/mol. The summed E-state index contributed by atoms with van der Waals surface area (Å²) in [6.07, 6.45) is 1.78. The van der Waals surface area contributed by atoms with E-state index in [0.717, 1.165) is 12.8 Å². The molecule has 3 N–H and O–H groups in total. The minimum absolute atomic E-state index is 0.118. The topological polar surface area (TPSA) is 72.2 Å². The normalized spacial score (nSPS) is 11.8. The van der Waals surface area contributed by atoms with Crippen LogP contribution in [0.4, 0.5) is 0 Å². The van der Waals surface area contributed by atoms with Crippen molar-refractivity contribution in [2.45, 2.75) is 31.6 Å². The van der Waals surface area contributed by atoms with Crippen molar-refractivity contribution in [2.75, 3.05) is 6.54 Å². The molecule has 20 heavy (non-hydrogen) atoms. The van der Waals surface area contributed by atoms with E-state index < -0.39 is 10.0 Å². The molecule has 0 radical (unpaired) electrons. The van der Waals surface area contributed by atoms with Crippen molar-refractivity contribution >= 4 is 38.8 Å². The zero-order valence-corrected chi connectivity index (χ0v) is 13.9. The largest absolute Gasteiger partial charge is 0.389 e. The van der Waals surface area contributed by atoms with Crippen LogP contribution >= 0.6 is 23.8 Å². The maximum absolute atomic E-state index is 12.1. The molecular formula is C13H19ClN2O2S2. The number of nitrogens with one attached hydrogen (secondary N) is 1. The van der Waals surface area contributed by atoms with Gasteiger partial charge >= 0.3 is 0 Å². The molecule has 0 aliphatic carbocycles. The summed E-state index contributed by atoms with van der Waals surface area (Å²) >= 11 is 10.8. The van der Waals surface area contributed by atoms with Crippen molar-refractivity contribution in [3.05, 3.63) is 28.8 Å². The summed E-state index contributed by atoms with van der Waals surface area (Å²) in [6, 6.07) is 4.33. The zero-order chi connectivity index (χ0) is 15.3. The number of nitrogens with two attached hydrogens (primary N) is 1. The van der Waals surface area contributed by atoms with Gasteiger partial charge in [-0.2, -0.15) is 0 Å². The van der Waals surface area contributed by atoms with Gasteiger partial charge in [-0.25, -0.2) is 13.1 Å². The van der Waals surface area contributed by atoms with Crippen LogP contribution in [0, 0.1) is 5.92 Å². The Morgan fingerprint density at radius 1 is 1.45 bits per heavy atom. The van der Waals surface area contributed by atoms with Crippen LogP contribution in [0.3, 0.4) is 0 Å². The van der Waals surface area contributed by atoms with Crippen LogP contribution in [0.15, 0.2) is 23.1 Å². The first-order chi connectivity index (χ1) is 9.24. The predicted molar refractivity (Wildman–Crippen MR) is 86.6 cm³/mol. The van der Waals surface area contributed by atoms with E-state index in [9.17, 15) is 8.42 Å². The highest BCUT2D eigenvalue weighted by atomic mass is 35.5. The Morgan fingerprint density at radius 3 is 2.60 bits per heavy atom. The van der Waals surface area contributed by atoms with Crippen LogP contribution in [0.2, 0.25) is 5.02 Å². The van der Waals surface area contributed by atoms with Crippen LogP contribution in [0.1, 0.15) is 32.3 Å². The predicted octanol–water partition coefficient (Wildman–Crippen LogP) is 2.69. The first kappa shape index (κ1) is 17.4. The molecule has 0 unspecified atom stereocenters. The number of sulfonamides is 1. The summed E-state index contributed by atoms with van der Waals surface area (Å²) in [5.41, 5.74) is 5.95. The zero-order valence-electron chi connectivity index (χ0n) is 11.5. The minimum atomic E-state index is -3.54. The van der Waals surface area contributed by atoms with E-state index in [-0.39, 0.29) is 14.9 Å². The molecule has 0 aromatic heterocycles. The number of benzene rings is 1. The highest BCUT2D eigenvalue weighted by Gasteiger charge is 2.15. The van der Waals surface area contributed by atoms with Gasteiger partial charge in [-0.15, -0.1) is 0 Å². The van der Waals surface area contributed by atoms with Gasteiger partial charge in [0.25, 0.3) is 0 Å². The van der Waals surface area contributed by atoms with Gasteiger partial charge in [-0.05, 0) is 37.0 Å². The minimum Gasteiger partial charge on any atom is -0.389 e. The quantitative estimate of drug-likeness (QED) is 0.594. The van der Waals surface area contributed by atoms with E-state index >= 15 is 0 Å². The standard InChI is InChI=1S/C13H19ClN2O2S2/c1-9(2)4-3-7-16-20(17,18)10-5-6-11(13(15)19)12(14)8-10/h5-6,8-9,16H,3-4,7H2,1-2H3,(H2,15,19). The van der Waals surface area contributed by atoms with E-state index in [1.165, 1.54) is 18.2 Å². The molecule has 0 heterocycles. The van der Waals surface area contributed by atoms with E-state index in [1.807, 2.05) is 0 Å².